The van der Waals surface area contributed by atoms with Crippen molar-refractivity contribution in [3.05, 3.63) is 102 Å². The van der Waals surface area contributed by atoms with E-state index in [4.69, 9.17) is 9.72 Å². The van der Waals surface area contributed by atoms with Crippen LogP contribution >= 0.6 is 0 Å². The van der Waals surface area contributed by atoms with Crippen molar-refractivity contribution in [2.75, 3.05) is 6.61 Å². The van der Waals surface area contributed by atoms with E-state index in [1.165, 1.54) is 22.3 Å². The summed E-state index contributed by atoms with van der Waals surface area (Å²) in [6.45, 7) is 0.319. The van der Waals surface area contributed by atoms with Gasteiger partial charge < -0.3 is 14.7 Å². The van der Waals surface area contributed by atoms with Crippen molar-refractivity contribution in [2.45, 2.75) is 49.3 Å². The molecule has 5 heteroatoms. The molecule has 0 saturated carbocycles. The van der Waals surface area contributed by atoms with E-state index < -0.39 is 5.60 Å². The topological polar surface area (TPSA) is 62.7 Å². The lowest BCUT2D eigenvalue weighted by molar-refractivity contribution is -0.0557. The standard InChI is InChI=1S/C31H28N2O3/c34-30(36-19-27-25-10-4-2-8-23(25)24-9-3-5-11-26(24)27)33-21-14-15-22(33)18-31(35,17-21)29-16-13-20-7-1-6-12-28(20)32-29/h1-13,16,21-22,27,35H,14-15,17-19H2. The van der Waals surface area contributed by atoms with Crippen molar-refractivity contribution in [2.24, 2.45) is 0 Å². The molecule has 36 heavy (non-hydrogen) atoms. The Labute approximate surface area is 210 Å². The Hall–Kier alpha value is -3.70. The average molecular weight is 477 g/mol. The third-order valence-electron chi connectivity index (χ3n) is 8.39. The van der Waals surface area contributed by atoms with Crippen LogP contribution < -0.4 is 0 Å². The summed E-state index contributed by atoms with van der Waals surface area (Å²) in [6.07, 6.45) is 2.46. The van der Waals surface area contributed by atoms with E-state index >= 15 is 0 Å². The lowest BCUT2D eigenvalue weighted by Gasteiger charge is -2.43. The van der Waals surface area contributed by atoms with Crippen molar-refractivity contribution >= 4 is 17.0 Å². The van der Waals surface area contributed by atoms with Crippen LogP contribution in [0.3, 0.4) is 0 Å². The highest BCUT2D eigenvalue weighted by Gasteiger charge is 2.51. The highest BCUT2D eigenvalue weighted by atomic mass is 16.6. The molecular formula is C31H28N2O3. The van der Waals surface area contributed by atoms with E-state index in [1.807, 2.05) is 53.4 Å². The second kappa shape index (κ2) is 8.17. The quantitative estimate of drug-likeness (QED) is 0.394. The van der Waals surface area contributed by atoms with Crippen LogP contribution in [0.2, 0.25) is 0 Å². The van der Waals surface area contributed by atoms with Crippen molar-refractivity contribution < 1.29 is 14.6 Å². The number of aliphatic hydroxyl groups is 1. The predicted molar refractivity (Wildman–Crippen MR) is 139 cm³/mol. The molecule has 1 amide bonds. The summed E-state index contributed by atoms with van der Waals surface area (Å²) < 4.78 is 5.98. The van der Waals surface area contributed by atoms with E-state index in [2.05, 4.69) is 36.4 Å². The van der Waals surface area contributed by atoms with E-state index in [9.17, 15) is 9.90 Å². The normalized spacial score (nSPS) is 24.5. The van der Waals surface area contributed by atoms with Gasteiger partial charge in [0.05, 0.1) is 11.2 Å². The summed E-state index contributed by atoms with van der Waals surface area (Å²) in [4.78, 5) is 20.0. The molecule has 1 aliphatic carbocycles. The SMILES string of the molecule is O=C(OCC1c2ccccc2-c2ccccc21)N1C2CCC1CC(O)(c1ccc3ccccc3n1)C2. The summed E-state index contributed by atoms with van der Waals surface area (Å²) in [6, 6.07) is 28.6. The van der Waals surface area contributed by atoms with Crippen LogP contribution in [-0.2, 0) is 10.3 Å². The number of carbonyl (C=O) groups excluding carboxylic acids is 1. The molecule has 2 unspecified atom stereocenters. The molecule has 2 aliphatic heterocycles. The van der Waals surface area contributed by atoms with Crippen molar-refractivity contribution in [1.29, 1.82) is 0 Å². The van der Waals surface area contributed by atoms with Gasteiger partial charge in [0.2, 0.25) is 0 Å². The van der Waals surface area contributed by atoms with Crippen LogP contribution in [0.1, 0.15) is 48.4 Å². The number of rotatable bonds is 3. The summed E-state index contributed by atoms with van der Waals surface area (Å²) >= 11 is 0. The van der Waals surface area contributed by atoms with E-state index in [-0.39, 0.29) is 24.1 Å². The predicted octanol–water partition coefficient (Wildman–Crippen LogP) is 6.00. The first-order valence-electron chi connectivity index (χ1n) is 12.8. The smallest absolute Gasteiger partial charge is 0.410 e. The van der Waals surface area contributed by atoms with Gasteiger partial charge in [-0.15, -0.1) is 0 Å². The van der Waals surface area contributed by atoms with Gasteiger partial charge in [-0.05, 0) is 47.2 Å². The number of piperidine rings is 1. The number of ether oxygens (including phenoxy) is 1. The maximum absolute atomic E-state index is 13.4. The monoisotopic (exact) mass is 476 g/mol. The number of pyridine rings is 1. The fourth-order valence-corrected chi connectivity index (χ4v) is 6.73. The lowest BCUT2D eigenvalue weighted by Crippen LogP contribution is -2.52. The summed E-state index contributed by atoms with van der Waals surface area (Å²) in [5, 5.41) is 12.7. The maximum atomic E-state index is 13.4. The Kier molecular flexibility index (Phi) is 4.90. The molecule has 180 valence electrons. The van der Waals surface area contributed by atoms with Gasteiger partial charge in [-0.2, -0.15) is 0 Å². The fraction of sp³-hybridized carbons (Fsp3) is 0.290. The molecule has 3 aromatic carbocycles. The minimum absolute atomic E-state index is 0.0438. The zero-order valence-corrected chi connectivity index (χ0v) is 20.0. The Balaban J connectivity index is 1.09. The van der Waals surface area contributed by atoms with Crippen LogP contribution in [0.4, 0.5) is 4.79 Å². The van der Waals surface area contributed by atoms with Gasteiger partial charge in [-0.3, -0.25) is 0 Å². The summed E-state index contributed by atoms with van der Waals surface area (Å²) in [5.41, 5.74) is 5.42. The number of hydrogen-bond donors (Lipinski definition) is 1. The Morgan fingerprint density at radius 2 is 1.47 bits per heavy atom. The molecule has 4 aromatic rings. The Bertz CT molecular complexity index is 1420. The number of aromatic nitrogens is 1. The lowest BCUT2D eigenvalue weighted by atomic mass is 9.83. The van der Waals surface area contributed by atoms with Gasteiger partial charge in [-0.1, -0.05) is 72.8 Å². The van der Waals surface area contributed by atoms with Crippen molar-refractivity contribution in [3.8, 4) is 11.1 Å². The van der Waals surface area contributed by atoms with Crippen LogP contribution in [0.5, 0.6) is 0 Å². The van der Waals surface area contributed by atoms with Crippen molar-refractivity contribution in [3.63, 3.8) is 0 Å². The molecule has 0 spiro atoms. The molecule has 2 saturated heterocycles. The molecule has 2 bridgehead atoms. The molecule has 3 aliphatic rings. The maximum Gasteiger partial charge on any atom is 0.410 e. The minimum Gasteiger partial charge on any atom is -0.448 e. The third-order valence-corrected chi connectivity index (χ3v) is 8.39. The fourth-order valence-electron chi connectivity index (χ4n) is 6.73. The second-order valence-electron chi connectivity index (χ2n) is 10.4. The van der Waals surface area contributed by atoms with Crippen LogP contribution in [-0.4, -0.2) is 39.8 Å². The van der Waals surface area contributed by atoms with Gasteiger partial charge in [-0.25, -0.2) is 9.78 Å². The number of nitrogens with zero attached hydrogens (tertiary/aromatic N) is 2. The first kappa shape index (κ1) is 21.6. The number of benzene rings is 3. The van der Waals surface area contributed by atoms with Crippen LogP contribution in [0.25, 0.3) is 22.0 Å². The van der Waals surface area contributed by atoms with Gasteiger partial charge in [0.25, 0.3) is 0 Å². The van der Waals surface area contributed by atoms with Gasteiger partial charge in [0.1, 0.15) is 12.2 Å². The summed E-state index contributed by atoms with van der Waals surface area (Å²) in [5.74, 6) is 0.0440. The van der Waals surface area contributed by atoms with Crippen molar-refractivity contribution in [1.82, 2.24) is 9.88 Å². The Morgan fingerprint density at radius 1 is 0.861 bits per heavy atom. The molecule has 3 heterocycles. The van der Waals surface area contributed by atoms with Gasteiger partial charge >= 0.3 is 6.09 Å². The molecule has 2 fully saturated rings. The first-order chi connectivity index (χ1) is 17.6. The van der Waals surface area contributed by atoms with Gasteiger partial charge in [0, 0.05) is 36.2 Å². The van der Waals surface area contributed by atoms with Crippen LogP contribution in [0.15, 0.2) is 84.9 Å². The number of carbonyl (C=O) groups is 1. The van der Waals surface area contributed by atoms with E-state index in [0.717, 1.165) is 23.7 Å². The third kappa shape index (κ3) is 3.34. The van der Waals surface area contributed by atoms with E-state index in [0.29, 0.717) is 25.1 Å². The summed E-state index contributed by atoms with van der Waals surface area (Å²) in [7, 11) is 0. The number of amides is 1. The molecule has 2 atom stereocenters. The zero-order valence-electron chi connectivity index (χ0n) is 20.0. The molecule has 0 radical (unpaired) electrons. The highest BCUT2D eigenvalue weighted by Crippen LogP contribution is 2.47. The zero-order chi connectivity index (χ0) is 24.3. The Morgan fingerprint density at radius 3 is 2.17 bits per heavy atom. The van der Waals surface area contributed by atoms with Gasteiger partial charge in [0.15, 0.2) is 0 Å². The highest BCUT2D eigenvalue weighted by molar-refractivity contribution is 5.80. The largest absolute Gasteiger partial charge is 0.448 e. The number of hydrogen-bond acceptors (Lipinski definition) is 4. The molecule has 1 aromatic heterocycles. The molecular weight excluding hydrogens is 448 g/mol. The molecule has 5 nitrogen and oxygen atoms in total. The molecule has 1 N–H and O–H groups in total. The number of para-hydroxylation sites is 1. The average Bonchev–Trinajstić information content (AvgIpc) is 3.39. The van der Waals surface area contributed by atoms with E-state index in [1.54, 1.807) is 0 Å². The number of fused-ring (bicyclic) bond motifs is 6. The first-order valence-corrected chi connectivity index (χ1v) is 12.8. The second-order valence-corrected chi connectivity index (χ2v) is 10.4. The minimum atomic E-state index is -1.03. The molecule has 7 rings (SSSR count). The van der Waals surface area contributed by atoms with Crippen LogP contribution in [0, 0.1) is 0 Å².